The van der Waals surface area contributed by atoms with E-state index in [1.165, 1.54) is 31.4 Å². The summed E-state index contributed by atoms with van der Waals surface area (Å²) in [6.07, 6.45) is -4.70. The second kappa shape index (κ2) is 9.23. The normalized spacial score (nSPS) is 11.3. The SMILES string of the molecule is COCc1nc(N)c(C(=O)Nc2ccc(Oc3cc(F)cc(C(F)(F)F)c3)cc2)cc1C. The van der Waals surface area contributed by atoms with Gasteiger partial charge >= 0.3 is 6.18 Å². The van der Waals surface area contributed by atoms with Crippen molar-refractivity contribution in [3.05, 3.63) is 76.7 Å². The lowest BCUT2D eigenvalue weighted by Crippen LogP contribution is -2.16. The number of pyridine rings is 1. The van der Waals surface area contributed by atoms with Gasteiger partial charge in [0.15, 0.2) is 0 Å². The lowest BCUT2D eigenvalue weighted by molar-refractivity contribution is -0.137. The first kappa shape index (κ1) is 23.0. The van der Waals surface area contributed by atoms with Gasteiger partial charge in [-0.25, -0.2) is 9.37 Å². The molecule has 0 atom stereocenters. The highest BCUT2D eigenvalue weighted by Crippen LogP contribution is 2.34. The van der Waals surface area contributed by atoms with E-state index in [0.717, 1.165) is 11.6 Å². The third kappa shape index (κ3) is 5.52. The lowest BCUT2D eigenvalue weighted by Gasteiger charge is -2.12. The molecule has 32 heavy (non-hydrogen) atoms. The molecule has 0 spiro atoms. The number of carbonyl (C=O) groups excluding carboxylic acids is 1. The molecule has 3 rings (SSSR count). The van der Waals surface area contributed by atoms with Crippen LogP contribution in [0.15, 0.2) is 48.5 Å². The third-order valence-electron chi connectivity index (χ3n) is 4.42. The molecule has 3 aromatic rings. The van der Waals surface area contributed by atoms with Crippen molar-refractivity contribution >= 4 is 17.4 Å². The summed E-state index contributed by atoms with van der Waals surface area (Å²) in [5.41, 5.74) is 6.65. The zero-order valence-electron chi connectivity index (χ0n) is 17.1. The van der Waals surface area contributed by atoms with E-state index in [4.69, 9.17) is 15.2 Å². The van der Waals surface area contributed by atoms with Crippen molar-refractivity contribution in [3.63, 3.8) is 0 Å². The van der Waals surface area contributed by atoms with Crippen LogP contribution in [0.1, 0.15) is 27.2 Å². The predicted molar refractivity (Wildman–Crippen MR) is 110 cm³/mol. The van der Waals surface area contributed by atoms with Gasteiger partial charge in [-0.05, 0) is 55.0 Å². The van der Waals surface area contributed by atoms with E-state index in [1.807, 2.05) is 0 Å². The Bertz CT molecular complexity index is 1130. The minimum Gasteiger partial charge on any atom is -0.457 e. The zero-order chi connectivity index (χ0) is 23.5. The highest BCUT2D eigenvalue weighted by Gasteiger charge is 2.31. The summed E-state index contributed by atoms with van der Waals surface area (Å²) in [5, 5.41) is 2.65. The predicted octanol–water partition coefficient (Wildman–Crippen LogP) is 5.32. The quantitative estimate of drug-likeness (QED) is 0.498. The number of methoxy groups -OCH3 is 1. The van der Waals surface area contributed by atoms with Crippen molar-refractivity contribution in [3.8, 4) is 11.5 Å². The minimum absolute atomic E-state index is 0.0478. The molecule has 0 radical (unpaired) electrons. The number of amides is 1. The van der Waals surface area contributed by atoms with Crippen LogP contribution in [0.5, 0.6) is 11.5 Å². The van der Waals surface area contributed by atoms with E-state index in [1.54, 1.807) is 13.0 Å². The maximum atomic E-state index is 13.5. The minimum atomic E-state index is -4.70. The molecule has 0 aliphatic rings. The zero-order valence-corrected chi connectivity index (χ0v) is 17.1. The van der Waals surface area contributed by atoms with Gasteiger partial charge in [-0.1, -0.05) is 0 Å². The number of anilines is 2. The standard InChI is InChI=1S/C22H19F4N3O3/c1-12-7-18(20(27)29-19(12)11-31-2)21(30)28-15-3-5-16(6-4-15)32-17-9-13(22(24,25)26)8-14(23)10-17/h3-10H,11H2,1-2H3,(H2,27,29)(H,28,30). The number of aromatic nitrogens is 1. The van der Waals surface area contributed by atoms with Crippen LogP contribution in [0.2, 0.25) is 0 Å². The number of hydrogen-bond acceptors (Lipinski definition) is 5. The number of ether oxygens (including phenoxy) is 2. The van der Waals surface area contributed by atoms with Crippen LogP contribution in [0.4, 0.5) is 29.1 Å². The molecule has 1 amide bonds. The van der Waals surface area contributed by atoms with Gasteiger partial charge in [0, 0.05) is 18.9 Å². The average molecular weight is 449 g/mol. The van der Waals surface area contributed by atoms with Crippen LogP contribution in [0, 0.1) is 12.7 Å². The molecule has 10 heteroatoms. The van der Waals surface area contributed by atoms with Crippen molar-refractivity contribution in [2.24, 2.45) is 0 Å². The van der Waals surface area contributed by atoms with Crippen LogP contribution in [0.25, 0.3) is 0 Å². The number of hydrogen-bond donors (Lipinski definition) is 2. The first-order valence-electron chi connectivity index (χ1n) is 9.29. The summed E-state index contributed by atoms with van der Waals surface area (Å²) >= 11 is 0. The molecule has 3 N–H and O–H groups in total. The van der Waals surface area contributed by atoms with Crippen molar-refractivity contribution < 1.29 is 31.8 Å². The first-order valence-corrected chi connectivity index (χ1v) is 9.29. The summed E-state index contributed by atoms with van der Waals surface area (Å²) in [7, 11) is 1.52. The lowest BCUT2D eigenvalue weighted by atomic mass is 10.1. The maximum Gasteiger partial charge on any atom is 0.416 e. The molecule has 0 aliphatic heterocycles. The smallest absolute Gasteiger partial charge is 0.416 e. The van der Waals surface area contributed by atoms with E-state index < -0.39 is 23.5 Å². The number of benzene rings is 2. The number of carbonyl (C=O) groups is 1. The summed E-state index contributed by atoms with van der Waals surface area (Å²) in [4.78, 5) is 16.7. The fourth-order valence-electron chi connectivity index (χ4n) is 2.86. The Morgan fingerprint density at radius 2 is 1.78 bits per heavy atom. The van der Waals surface area contributed by atoms with E-state index in [-0.39, 0.29) is 29.5 Å². The maximum absolute atomic E-state index is 13.5. The number of nitrogens with two attached hydrogens (primary N) is 1. The molecule has 0 unspecified atom stereocenters. The van der Waals surface area contributed by atoms with Crippen LogP contribution < -0.4 is 15.8 Å². The fourth-order valence-corrected chi connectivity index (χ4v) is 2.86. The third-order valence-corrected chi connectivity index (χ3v) is 4.42. The number of nitrogens with zero attached hydrogens (tertiary/aromatic N) is 1. The van der Waals surface area contributed by atoms with Gasteiger partial charge in [0.1, 0.15) is 23.1 Å². The number of rotatable bonds is 6. The largest absolute Gasteiger partial charge is 0.457 e. The van der Waals surface area contributed by atoms with Gasteiger partial charge in [0.2, 0.25) is 0 Å². The fraction of sp³-hybridized carbons (Fsp3) is 0.182. The molecule has 1 heterocycles. The molecule has 6 nitrogen and oxygen atoms in total. The molecule has 0 saturated carbocycles. The Hall–Kier alpha value is -3.66. The Morgan fingerprint density at radius 3 is 2.41 bits per heavy atom. The number of nitrogens with one attached hydrogen (secondary N) is 1. The molecule has 168 valence electrons. The van der Waals surface area contributed by atoms with Gasteiger partial charge in [0.25, 0.3) is 5.91 Å². The summed E-state index contributed by atoms with van der Waals surface area (Å²) in [6, 6.07) is 9.33. The van der Waals surface area contributed by atoms with Gasteiger partial charge in [-0.3, -0.25) is 4.79 Å². The number of halogens is 4. The van der Waals surface area contributed by atoms with Gasteiger partial charge in [-0.15, -0.1) is 0 Å². The van der Waals surface area contributed by atoms with Crippen molar-refractivity contribution in [1.29, 1.82) is 0 Å². The Labute approximate surface area is 181 Å². The van der Waals surface area contributed by atoms with Crippen molar-refractivity contribution in [2.45, 2.75) is 19.7 Å². The van der Waals surface area contributed by atoms with E-state index >= 15 is 0 Å². The van der Waals surface area contributed by atoms with Crippen molar-refractivity contribution in [1.82, 2.24) is 4.98 Å². The molecule has 0 bridgehead atoms. The van der Waals surface area contributed by atoms with Crippen LogP contribution in [0.3, 0.4) is 0 Å². The topological polar surface area (TPSA) is 86.5 Å². The molecule has 0 saturated heterocycles. The van der Waals surface area contributed by atoms with Crippen LogP contribution in [-0.4, -0.2) is 18.0 Å². The molecule has 0 aliphatic carbocycles. The van der Waals surface area contributed by atoms with Crippen LogP contribution in [-0.2, 0) is 17.5 Å². The number of aryl methyl sites for hydroxylation is 1. The van der Waals surface area contributed by atoms with E-state index in [0.29, 0.717) is 23.5 Å². The van der Waals surface area contributed by atoms with E-state index in [2.05, 4.69) is 10.3 Å². The van der Waals surface area contributed by atoms with Gasteiger partial charge < -0.3 is 20.5 Å². The number of nitrogen functional groups attached to an aromatic ring is 1. The Kier molecular flexibility index (Phi) is 6.64. The van der Waals surface area contributed by atoms with Gasteiger partial charge in [0.05, 0.1) is 23.4 Å². The van der Waals surface area contributed by atoms with Crippen LogP contribution >= 0.6 is 0 Å². The van der Waals surface area contributed by atoms with Crippen molar-refractivity contribution in [2.75, 3.05) is 18.2 Å². The molecule has 2 aromatic carbocycles. The molecular formula is C22H19F4N3O3. The summed E-state index contributed by atoms with van der Waals surface area (Å²) < 4.78 is 62.4. The Balaban J connectivity index is 1.72. The number of alkyl halides is 3. The highest BCUT2D eigenvalue weighted by atomic mass is 19.4. The highest BCUT2D eigenvalue weighted by molar-refractivity contribution is 6.07. The molecular weight excluding hydrogens is 430 g/mol. The molecule has 0 fully saturated rings. The van der Waals surface area contributed by atoms with Gasteiger partial charge in [-0.2, -0.15) is 13.2 Å². The summed E-state index contributed by atoms with van der Waals surface area (Å²) in [6.45, 7) is 2.04. The Morgan fingerprint density at radius 1 is 1.09 bits per heavy atom. The second-order valence-corrected chi connectivity index (χ2v) is 6.87. The monoisotopic (exact) mass is 449 g/mol. The average Bonchev–Trinajstić information content (AvgIpc) is 2.71. The first-order chi connectivity index (χ1) is 15.1. The molecule has 1 aromatic heterocycles. The summed E-state index contributed by atoms with van der Waals surface area (Å²) in [5.74, 6) is -1.67. The second-order valence-electron chi connectivity index (χ2n) is 6.87. The van der Waals surface area contributed by atoms with E-state index in [9.17, 15) is 22.4 Å².